The Morgan fingerprint density at radius 3 is 2.49 bits per heavy atom. The highest BCUT2D eigenvalue weighted by atomic mass is 16.5. The molecule has 0 bridgehead atoms. The summed E-state index contributed by atoms with van der Waals surface area (Å²) in [5.41, 5.74) is 6.81. The fourth-order valence-corrected chi connectivity index (χ4v) is 7.18. The van der Waals surface area contributed by atoms with E-state index in [1.165, 1.54) is 35.9 Å². The van der Waals surface area contributed by atoms with Crippen molar-refractivity contribution in [3.05, 3.63) is 89.4 Å². The van der Waals surface area contributed by atoms with Crippen LogP contribution in [0.2, 0.25) is 0 Å². The first-order chi connectivity index (χ1) is 22.8. The topological polar surface area (TPSA) is 110 Å². The Balaban J connectivity index is 1.21. The summed E-state index contributed by atoms with van der Waals surface area (Å²) in [6.07, 6.45) is 7.82. The van der Waals surface area contributed by atoms with Crippen molar-refractivity contribution in [1.82, 2.24) is 25.2 Å². The third-order valence-corrected chi connectivity index (χ3v) is 9.67. The molecule has 3 aromatic carbocycles. The lowest BCUT2D eigenvalue weighted by Gasteiger charge is -2.24. The zero-order valence-corrected chi connectivity index (χ0v) is 27.4. The summed E-state index contributed by atoms with van der Waals surface area (Å²) in [5.74, 6) is 2.40. The second-order valence-corrected chi connectivity index (χ2v) is 13.1. The first kappa shape index (κ1) is 30.6. The number of imidazole rings is 1. The Morgan fingerprint density at radius 1 is 0.979 bits per heavy atom. The van der Waals surface area contributed by atoms with E-state index in [-0.39, 0.29) is 11.8 Å². The number of ether oxygens (including phenoxy) is 2. The van der Waals surface area contributed by atoms with E-state index in [4.69, 9.17) is 9.47 Å². The van der Waals surface area contributed by atoms with Crippen molar-refractivity contribution in [3.8, 4) is 34.0 Å². The average Bonchev–Trinajstić information content (AvgIpc) is 3.67. The number of hydrogen-bond acceptors (Lipinski definition) is 5. The molecule has 1 fully saturated rings. The van der Waals surface area contributed by atoms with Crippen LogP contribution in [0.5, 0.6) is 11.5 Å². The van der Waals surface area contributed by atoms with E-state index in [0.717, 1.165) is 46.7 Å². The van der Waals surface area contributed by atoms with Crippen molar-refractivity contribution >= 4 is 22.7 Å². The van der Waals surface area contributed by atoms with Crippen LogP contribution in [-0.4, -0.2) is 47.1 Å². The number of nitrogens with zero attached hydrogens (tertiary/aromatic N) is 2. The minimum Gasteiger partial charge on any atom is -0.497 e. The highest BCUT2D eigenvalue weighted by molar-refractivity contribution is 6.01. The molecule has 1 saturated carbocycles. The number of amides is 2. The fraction of sp³-hybridized carbons (Fsp3) is 0.342. The highest BCUT2D eigenvalue weighted by Crippen LogP contribution is 2.47. The molecule has 2 amide bonds. The molecule has 1 aliphatic carbocycles. The zero-order chi connectivity index (χ0) is 32.7. The molecule has 9 heteroatoms. The maximum absolute atomic E-state index is 13.9. The fourth-order valence-electron chi connectivity index (χ4n) is 7.18. The second-order valence-electron chi connectivity index (χ2n) is 13.1. The van der Waals surface area contributed by atoms with Gasteiger partial charge in [0.25, 0.3) is 11.8 Å². The molecule has 0 atom stereocenters. The summed E-state index contributed by atoms with van der Waals surface area (Å²) in [6.45, 7) is 5.09. The predicted octanol–water partition coefficient (Wildman–Crippen LogP) is 7.17. The summed E-state index contributed by atoms with van der Waals surface area (Å²) < 4.78 is 14.1. The van der Waals surface area contributed by atoms with E-state index < -0.39 is 5.54 Å². The molecule has 47 heavy (non-hydrogen) atoms. The van der Waals surface area contributed by atoms with Gasteiger partial charge in [0.15, 0.2) is 0 Å². The molecule has 2 aromatic heterocycles. The lowest BCUT2D eigenvalue weighted by Crippen LogP contribution is -2.41. The number of carbonyl (C=O) groups is 2. The van der Waals surface area contributed by atoms with Crippen LogP contribution >= 0.6 is 0 Å². The third kappa shape index (κ3) is 5.64. The van der Waals surface area contributed by atoms with Gasteiger partial charge in [-0.25, -0.2) is 4.98 Å². The molecule has 3 heterocycles. The highest BCUT2D eigenvalue weighted by Gasteiger charge is 2.31. The van der Waals surface area contributed by atoms with Crippen LogP contribution in [-0.2, 0) is 12.1 Å². The quantitative estimate of drug-likeness (QED) is 0.176. The van der Waals surface area contributed by atoms with Gasteiger partial charge in [-0.3, -0.25) is 9.59 Å². The van der Waals surface area contributed by atoms with E-state index in [9.17, 15) is 9.59 Å². The van der Waals surface area contributed by atoms with Gasteiger partial charge in [-0.1, -0.05) is 37.5 Å². The zero-order valence-electron chi connectivity index (χ0n) is 27.4. The minimum atomic E-state index is -0.776. The van der Waals surface area contributed by atoms with Gasteiger partial charge in [-0.15, -0.1) is 0 Å². The van der Waals surface area contributed by atoms with Crippen LogP contribution in [0.1, 0.15) is 84.0 Å². The van der Waals surface area contributed by atoms with Gasteiger partial charge in [-0.2, -0.15) is 0 Å². The SMILES string of the molecule is CNC(=O)c1ccc(-c2cnc(C(C)(C)NC(=O)c3ccc4c(C5CCCCC5)c5n(c4c3)CCOc3cc(OC)ccc3-5)[nH]2)cc1. The maximum atomic E-state index is 13.9. The van der Waals surface area contributed by atoms with E-state index >= 15 is 0 Å². The van der Waals surface area contributed by atoms with Crippen molar-refractivity contribution < 1.29 is 19.1 Å². The Bertz CT molecular complexity index is 1960. The Morgan fingerprint density at radius 2 is 1.74 bits per heavy atom. The van der Waals surface area contributed by atoms with E-state index in [2.05, 4.69) is 37.3 Å². The number of fused-ring (bicyclic) bond motifs is 5. The van der Waals surface area contributed by atoms with Gasteiger partial charge in [0, 0.05) is 40.7 Å². The number of benzene rings is 3. The molecule has 1 aliphatic heterocycles. The molecule has 5 aromatic rings. The lowest BCUT2D eigenvalue weighted by molar-refractivity contribution is 0.0907. The molecule has 3 N–H and O–H groups in total. The largest absolute Gasteiger partial charge is 0.497 e. The van der Waals surface area contributed by atoms with Crippen molar-refractivity contribution in [1.29, 1.82) is 0 Å². The molecule has 242 valence electrons. The Kier molecular flexibility index (Phi) is 7.99. The molecule has 9 nitrogen and oxygen atoms in total. The molecule has 0 spiro atoms. The molecule has 0 radical (unpaired) electrons. The van der Waals surface area contributed by atoms with E-state index in [1.54, 1.807) is 32.5 Å². The first-order valence-electron chi connectivity index (χ1n) is 16.4. The van der Waals surface area contributed by atoms with Crippen LogP contribution in [0.25, 0.3) is 33.4 Å². The summed E-state index contributed by atoms with van der Waals surface area (Å²) in [7, 11) is 3.29. The summed E-state index contributed by atoms with van der Waals surface area (Å²) in [6, 6.07) is 19.5. The number of carbonyl (C=O) groups excluding carboxylic acids is 2. The molecule has 7 rings (SSSR count). The molecule has 0 unspecified atom stereocenters. The Labute approximate surface area is 274 Å². The number of aromatic nitrogens is 3. The summed E-state index contributed by atoms with van der Waals surface area (Å²) >= 11 is 0. The smallest absolute Gasteiger partial charge is 0.252 e. The normalized spacial score (nSPS) is 14.9. The third-order valence-electron chi connectivity index (χ3n) is 9.67. The van der Waals surface area contributed by atoms with Gasteiger partial charge in [0.05, 0.1) is 36.8 Å². The van der Waals surface area contributed by atoms with Gasteiger partial charge in [0.2, 0.25) is 0 Å². The van der Waals surface area contributed by atoms with Crippen molar-refractivity contribution in [2.24, 2.45) is 0 Å². The van der Waals surface area contributed by atoms with Gasteiger partial charge in [0.1, 0.15) is 23.9 Å². The van der Waals surface area contributed by atoms with Crippen LogP contribution in [0.15, 0.2) is 66.9 Å². The standard InChI is InChI=1S/C38H41N5O4/c1-38(2,37-40-22-30(41-37)23-10-12-25(13-11-23)35(44)39-3)42-36(45)26-14-16-28-31(20-26)43-18-19-47-32-21-27(46-4)15-17-29(32)34(43)33(28)24-8-6-5-7-9-24/h10-17,20-22,24H,5-9,18-19H2,1-4H3,(H,39,44)(H,40,41)(H,42,45). The average molecular weight is 632 g/mol. The van der Waals surface area contributed by atoms with Crippen molar-refractivity contribution in [2.45, 2.75) is 64.0 Å². The van der Waals surface area contributed by atoms with Crippen molar-refractivity contribution in [3.63, 3.8) is 0 Å². The number of aromatic amines is 1. The minimum absolute atomic E-state index is 0.135. The van der Waals surface area contributed by atoms with Crippen LogP contribution in [0.4, 0.5) is 0 Å². The van der Waals surface area contributed by atoms with Crippen LogP contribution < -0.4 is 20.1 Å². The van der Waals surface area contributed by atoms with Crippen LogP contribution in [0, 0.1) is 0 Å². The number of nitrogens with one attached hydrogen (secondary N) is 3. The number of hydrogen-bond donors (Lipinski definition) is 3. The summed E-state index contributed by atoms with van der Waals surface area (Å²) in [4.78, 5) is 33.8. The molecule has 0 saturated heterocycles. The molecular formula is C38H41N5O4. The van der Waals surface area contributed by atoms with Gasteiger partial charge < -0.3 is 29.7 Å². The van der Waals surface area contributed by atoms with Crippen molar-refractivity contribution in [2.75, 3.05) is 20.8 Å². The summed E-state index contributed by atoms with van der Waals surface area (Å²) in [5, 5.41) is 7.06. The lowest BCUT2D eigenvalue weighted by atomic mass is 9.81. The predicted molar refractivity (Wildman–Crippen MR) is 183 cm³/mol. The molecular weight excluding hydrogens is 590 g/mol. The second kappa shape index (κ2) is 12.3. The number of H-pyrrole nitrogens is 1. The van der Waals surface area contributed by atoms with E-state index in [0.29, 0.717) is 36.0 Å². The Hall–Kier alpha value is -5.05. The number of rotatable bonds is 7. The molecule has 2 aliphatic rings. The number of methoxy groups -OCH3 is 1. The van der Waals surface area contributed by atoms with Gasteiger partial charge in [-0.05, 0) is 80.1 Å². The monoisotopic (exact) mass is 631 g/mol. The van der Waals surface area contributed by atoms with Gasteiger partial charge >= 0.3 is 0 Å². The maximum Gasteiger partial charge on any atom is 0.252 e. The first-order valence-corrected chi connectivity index (χ1v) is 16.4. The van der Waals surface area contributed by atoms with E-state index in [1.807, 2.05) is 50.2 Å². The van der Waals surface area contributed by atoms with Crippen LogP contribution in [0.3, 0.4) is 0 Å².